The van der Waals surface area contributed by atoms with Crippen LogP contribution in [0, 0.1) is 11.8 Å². The normalized spacial score (nSPS) is 37.9. The van der Waals surface area contributed by atoms with Crippen molar-refractivity contribution >= 4 is 17.8 Å². The molecule has 1 N–H and O–H groups in total. The number of unbranched alkanes of at least 4 members (excludes halogenated alkanes) is 2. The number of cyclic esters (lactones) is 1. The lowest BCUT2D eigenvalue weighted by atomic mass is 9.74. The summed E-state index contributed by atoms with van der Waals surface area (Å²) in [6.45, 7) is 3.15. The molecule has 2 saturated heterocycles. The smallest absolute Gasteiger partial charge is 0.313 e. The molecule has 0 aromatic carbocycles. The lowest BCUT2D eigenvalue weighted by Crippen LogP contribution is -2.57. The van der Waals surface area contributed by atoms with Crippen molar-refractivity contribution in [2.45, 2.75) is 94.4 Å². The van der Waals surface area contributed by atoms with Crippen molar-refractivity contribution in [2.24, 2.45) is 11.8 Å². The van der Waals surface area contributed by atoms with Gasteiger partial charge in [0.05, 0.1) is 18.1 Å². The van der Waals surface area contributed by atoms with Crippen molar-refractivity contribution in [3.05, 3.63) is 24.3 Å². The van der Waals surface area contributed by atoms with E-state index in [9.17, 15) is 19.5 Å². The molecule has 8 nitrogen and oxygen atoms in total. The molecule has 0 aromatic rings. The summed E-state index contributed by atoms with van der Waals surface area (Å²) in [5, 5.41) is 9.22. The number of aliphatic hydroxyl groups excluding tert-OH is 1. The standard InChI is InChI=1S/C28H40N2O6/c1-27-14-7-3-10-19-35-26(34)22(27)21-24(32)30(16-8-4-9-18-31)23-25(33)29(20-12-5-2-6-13-20)17-11-15-28(21,23)36-27/h7,11,14-15,20-23,31H,2-6,8-10,12-13,16-19H2,1H3/b14-7-/t21-,22-,23?,27+,28-/m0/s1. The van der Waals surface area contributed by atoms with Gasteiger partial charge >= 0.3 is 5.97 Å². The number of nitrogens with zero attached hydrogens (tertiary/aromatic N) is 2. The zero-order valence-electron chi connectivity index (χ0n) is 21.4. The van der Waals surface area contributed by atoms with E-state index in [-0.39, 0.29) is 24.5 Å². The molecule has 0 radical (unpaired) electrons. The van der Waals surface area contributed by atoms with Crippen molar-refractivity contribution in [3.63, 3.8) is 0 Å². The number of carbonyl (C=O) groups is 3. The molecule has 4 aliphatic heterocycles. The van der Waals surface area contributed by atoms with Gasteiger partial charge in [0, 0.05) is 25.7 Å². The number of esters is 1. The van der Waals surface area contributed by atoms with Crippen molar-refractivity contribution in [1.29, 1.82) is 0 Å². The Labute approximate surface area is 213 Å². The lowest BCUT2D eigenvalue weighted by molar-refractivity contribution is -0.160. The molecule has 5 aliphatic rings. The number of fused-ring (bicyclic) bond motifs is 2. The SMILES string of the molecule is C[C@@]12/C=C\CCCOC(=O)[C@@H]1[C@H]1C(=O)N(CCCCCO)C3C(=O)N(C4CCCCC4)CC=C[C@@]31O2. The van der Waals surface area contributed by atoms with Crippen LogP contribution in [0.1, 0.15) is 71.1 Å². The first-order chi connectivity index (χ1) is 17.4. The summed E-state index contributed by atoms with van der Waals surface area (Å²) in [6.07, 6.45) is 16.7. The molecule has 1 unspecified atom stereocenters. The van der Waals surface area contributed by atoms with Gasteiger partial charge in [0.15, 0.2) is 0 Å². The summed E-state index contributed by atoms with van der Waals surface area (Å²) in [7, 11) is 0. The molecule has 1 saturated carbocycles. The number of likely N-dealkylation sites (tertiary alicyclic amines) is 1. The van der Waals surface area contributed by atoms with Crippen molar-refractivity contribution in [3.8, 4) is 0 Å². The highest BCUT2D eigenvalue weighted by Crippen LogP contribution is 2.57. The second-order valence-corrected chi connectivity index (χ2v) is 11.2. The highest BCUT2D eigenvalue weighted by molar-refractivity contribution is 5.99. The van der Waals surface area contributed by atoms with Crippen molar-refractivity contribution in [2.75, 3.05) is 26.3 Å². The van der Waals surface area contributed by atoms with Gasteiger partial charge in [-0.2, -0.15) is 0 Å². The van der Waals surface area contributed by atoms with Crippen LogP contribution in [-0.2, 0) is 23.9 Å². The van der Waals surface area contributed by atoms with Gasteiger partial charge in [-0.1, -0.05) is 43.6 Å². The predicted octanol–water partition coefficient (Wildman–Crippen LogP) is 2.74. The molecule has 198 valence electrons. The molecule has 8 heteroatoms. The van der Waals surface area contributed by atoms with Gasteiger partial charge < -0.3 is 24.4 Å². The van der Waals surface area contributed by atoms with Gasteiger partial charge in [0.1, 0.15) is 17.6 Å². The Balaban J connectivity index is 1.56. The summed E-state index contributed by atoms with van der Waals surface area (Å²) < 4.78 is 12.4. The number of carbonyl (C=O) groups excluding carboxylic acids is 3. The molecule has 2 amide bonds. The van der Waals surface area contributed by atoms with E-state index in [4.69, 9.17) is 9.47 Å². The fourth-order valence-corrected chi connectivity index (χ4v) is 7.18. The average molecular weight is 501 g/mol. The lowest BCUT2D eigenvalue weighted by Gasteiger charge is -2.40. The van der Waals surface area contributed by atoms with Gasteiger partial charge in [-0.25, -0.2) is 0 Å². The third-order valence-electron chi connectivity index (χ3n) is 8.85. The zero-order valence-corrected chi connectivity index (χ0v) is 21.4. The van der Waals surface area contributed by atoms with E-state index in [1.54, 1.807) is 4.90 Å². The molecule has 0 bridgehead atoms. The summed E-state index contributed by atoms with van der Waals surface area (Å²) in [4.78, 5) is 45.5. The second kappa shape index (κ2) is 10.3. The van der Waals surface area contributed by atoms with Crippen LogP contribution in [0.15, 0.2) is 24.3 Å². The van der Waals surface area contributed by atoms with Crippen molar-refractivity contribution < 1.29 is 29.0 Å². The Bertz CT molecular complexity index is 927. The fraction of sp³-hybridized carbons (Fsp3) is 0.750. The fourth-order valence-electron chi connectivity index (χ4n) is 7.18. The van der Waals surface area contributed by atoms with Crippen LogP contribution in [0.25, 0.3) is 0 Å². The summed E-state index contributed by atoms with van der Waals surface area (Å²) in [6, 6.07) is -0.645. The zero-order chi connectivity index (χ0) is 25.3. The van der Waals surface area contributed by atoms with Crippen LogP contribution in [0.5, 0.6) is 0 Å². The molecule has 3 fully saturated rings. The van der Waals surface area contributed by atoms with Gasteiger partial charge in [0.25, 0.3) is 0 Å². The van der Waals surface area contributed by atoms with E-state index >= 15 is 0 Å². The number of allylic oxidation sites excluding steroid dienone is 1. The van der Waals surface area contributed by atoms with Crippen LogP contribution in [0.2, 0.25) is 0 Å². The first-order valence-electron chi connectivity index (χ1n) is 13.9. The minimum atomic E-state index is -1.21. The molecule has 5 atom stereocenters. The molecule has 36 heavy (non-hydrogen) atoms. The molecular weight excluding hydrogens is 460 g/mol. The molecule has 5 rings (SSSR count). The topological polar surface area (TPSA) is 96.4 Å². The monoisotopic (exact) mass is 500 g/mol. The summed E-state index contributed by atoms with van der Waals surface area (Å²) in [5.74, 6) is -2.33. The minimum Gasteiger partial charge on any atom is -0.465 e. The molecule has 0 aromatic heterocycles. The third kappa shape index (κ3) is 4.20. The number of rotatable bonds is 6. The predicted molar refractivity (Wildman–Crippen MR) is 133 cm³/mol. The van der Waals surface area contributed by atoms with Gasteiger partial charge in [-0.15, -0.1) is 0 Å². The number of hydrogen-bond acceptors (Lipinski definition) is 6. The Hall–Kier alpha value is -2.19. The van der Waals surface area contributed by atoms with E-state index in [2.05, 4.69) is 0 Å². The van der Waals surface area contributed by atoms with E-state index in [1.807, 2.05) is 36.1 Å². The maximum Gasteiger partial charge on any atom is 0.313 e. The van der Waals surface area contributed by atoms with Gasteiger partial charge in [0.2, 0.25) is 11.8 Å². The first-order valence-corrected chi connectivity index (χ1v) is 13.9. The molecule has 1 spiro atoms. The Morgan fingerprint density at radius 1 is 0.972 bits per heavy atom. The highest BCUT2D eigenvalue weighted by atomic mass is 16.6. The van der Waals surface area contributed by atoms with Gasteiger partial charge in [-0.3, -0.25) is 14.4 Å². The largest absolute Gasteiger partial charge is 0.465 e. The number of hydrogen-bond donors (Lipinski definition) is 1. The van der Waals surface area contributed by atoms with E-state index < -0.39 is 35.0 Å². The third-order valence-corrected chi connectivity index (χ3v) is 8.85. The second-order valence-electron chi connectivity index (χ2n) is 11.2. The van der Waals surface area contributed by atoms with Gasteiger partial charge in [-0.05, 0) is 51.9 Å². The maximum atomic E-state index is 14.3. The van der Waals surface area contributed by atoms with Crippen LogP contribution < -0.4 is 0 Å². The number of ether oxygens (including phenoxy) is 2. The Morgan fingerprint density at radius 2 is 1.78 bits per heavy atom. The van der Waals surface area contributed by atoms with Crippen LogP contribution in [-0.4, -0.2) is 82.3 Å². The average Bonchev–Trinajstić information content (AvgIpc) is 3.21. The van der Waals surface area contributed by atoms with E-state index in [0.29, 0.717) is 32.5 Å². The first kappa shape index (κ1) is 25.5. The molecule has 4 heterocycles. The Kier molecular flexibility index (Phi) is 7.27. The number of amides is 2. The highest BCUT2D eigenvalue weighted by Gasteiger charge is 2.74. The quantitative estimate of drug-likeness (QED) is 0.342. The van der Waals surface area contributed by atoms with Crippen LogP contribution in [0.3, 0.4) is 0 Å². The summed E-state index contributed by atoms with van der Waals surface area (Å²) >= 11 is 0. The van der Waals surface area contributed by atoms with Crippen LogP contribution >= 0.6 is 0 Å². The maximum absolute atomic E-state index is 14.3. The van der Waals surface area contributed by atoms with E-state index in [1.165, 1.54) is 6.42 Å². The molecular formula is C28H40N2O6. The van der Waals surface area contributed by atoms with Crippen LogP contribution in [0.4, 0.5) is 0 Å². The number of aliphatic hydroxyl groups is 1. The minimum absolute atomic E-state index is 0.0719. The van der Waals surface area contributed by atoms with Crippen molar-refractivity contribution in [1.82, 2.24) is 9.80 Å². The van der Waals surface area contributed by atoms with E-state index in [0.717, 1.165) is 44.9 Å². The Morgan fingerprint density at radius 3 is 2.56 bits per heavy atom. The molecule has 1 aliphatic carbocycles. The summed E-state index contributed by atoms with van der Waals surface area (Å²) in [5.41, 5.74) is -2.25.